The summed E-state index contributed by atoms with van der Waals surface area (Å²) in [5, 5.41) is 0. The van der Waals surface area contributed by atoms with Crippen molar-refractivity contribution in [1.29, 1.82) is 0 Å². The monoisotopic (exact) mass is 182 g/mol. The van der Waals surface area contributed by atoms with Crippen LogP contribution in [0.5, 0.6) is 0 Å². The van der Waals surface area contributed by atoms with Gasteiger partial charge in [0, 0.05) is 6.42 Å². The molecule has 1 fully saturated rings. The number of hydrogen-bond donors (Lipinski definition) is 2. The molecule has 1 aliphatic heterocycles. The molecule has 74 valence electrons. The average molecular weight is 182 g/mol. The Labute approximate surface area is 79.3 Å². The second-order valence-electron chi connectivity index (χ2n) is 4.08. The Balaban J connectivity index is 1.98. The van der Waals surface area contributed by atoms with Gasteiger partial charge in [0.15, 0.2) is 0 Å². The summed E-state index contributed by atoms with van der Waals surface area (Å²) in [6.07, 6.45) is 5.90. The van der Waals surface area contributed by atoms with Crippen molar-refractivity contribution in [2.75, 3.05) is 6.61 Å². The summed E-state index contributed by atoms with van der Waals surface area (Å²) in [6.45, 7) is 3.08. The molecule has 2 atom stereocenters. The molecule has 1 aliphatic carbocycles. The van der Waals surface area contributed by atoms with E-state index in [9.17, 15) is 0 Å². The lowest BCUT2D eigenvalue weighted by Crippen LogP contribution is -2.42. The molecule has 1 heterocycles. The highest BCUT2D eigenvalue weighted by Gasteiger charge is 2.35. The van der Waals surface area contributed by atoms with Crippen LogP contribution in [0.2, 0.25) is 0 Å². The first-order chi connectivity index (χ1) is 6.33. The topological polar surface area (TPSA) is 47.3 Å². The summed E-state index contributed by atoms with van der Waals surface area (Å²) in [5.41, 5.74) is 2.87. The maximum absolute atomic E-state index is 5.55. The predicted molar refractivity (Wildman–Crippen MR) is 51.7 cm³/mol. The standard InChI is InChI=1S/C10H18N2O/c1-7(8-4-5-8)10(12-11)9-3-2-6-13-9/h3,7-8,10,12H,2,4-6,11H2,1H3. The van der Waals surface area contributed by atoms with Gasteiger partial charge in [0.05, 0.1) is 12.6 Å². The zero-order valence-electron chi connectivity index (χ0n) is 8.12. The lowest BCUT2D eigenvalue weighted by Gasteiger charge is -2.23. The van der Waals surface area contributed by atoms with E-state index >= 15 is 0 Å². The SMILES string of the molecule is CC(C1CC1)C(NN)C1=CCCO1. The molecule has 0 radical (unpaired) electrons. The van der Waals surface area contributed by atoms with Crippen LogP contribution in [0, 0.1) is 11.8 Å². The van der Waals surface area contributed by atoms with E-state index in [-0.39, 0.29) is 6.04 Å². The summed E-state index contributed by atoms with van der Waals surface area (Å²) < 4.78 is 5.52. The smallest absolute Gasteiger partial charge is 0.111 e. The van der Waals surface area contributed by atoms with Crippen molar-refractivity contribution in [3.05, 3.63) is 11.8 Å². The first kappa shape index (κ1) is 9.03. The van der Waals surface area contributed by atoms with Gasteiger partial charge in [0.1, 0.15) is 5.76 Å². The molecule has 2 rings (SSSR count). The fourth-order valence-corrected chi connectivity index (χ4v) is 2.04. The van der Waals surface area contributed by atoms with Gasteiger partial charge in [-0.25, -0.2) is 5.43 Å². The van der Waals surface area contributed by atoms with Gasteiger partial charge in [-0.1, -0.05) is 6.92 Å². The molecular weight excluding hydrogens is 164 g/mol. The normalized spacial score (nSPS) is 26.5. The van der Waals surface area contributed by atoms with Gasteiger partial charge >= 0.3 is 0 Å². The maximum atomic E-state index is 5.55. The predicted octanol–water partition coefficient (Wildman–Crippen LogP) is 1.17. The number of nitrogens with two attached hydrogens (primary N) is 1. The van der Waals surface area contributed by atoms with Crippen molar-refractivity contribution in [1.82, 2.24) is 5.43 Å². The molecular formula is C10H18N2O. The Morgan fingerprint density at radius 3 is 2.85 bits per heavy atom. The lowest BCUT2D eigenvalue weighted by atomic mass is 9.95. The molecule has 2 unspecified atom stereocenters. The zero-order chi connectivity index (χ0) is 9.26. The first-order valence-electron chi connectivity index (χ1n) is 5.12. The van der Waals surface area contributed by atoms with E-state index in [0.29, 0.717) is 5.92 Å². The van der Waals surface area contributed by atoms with Gasteiger partial charge < -0.3 is 4.74 Å². The second kappa shape index (κ2) is 3.68. The Morgan fingerprint density at radius 2 is 2.38 bits per heavy atom. The van der Waals surface area contributed by atoms with Crippen LogP contribution in [0.25, 0.3) is 0 Å². The second-order valence-corrected chi connectivity index (χ2v) is 4.08. The molecule has 2 aliphatic rings. The zero-order valence-corrected chi connectivity index (χ0v) is 8.12. The summed E-state index contributed by atoms with van der Waals surface area (Å²) in [4.78, 5) is 0. The van der Waals surface area contributed by atoms with Crippen LogP contribution in [0.4, 0.5) is 0 Å². The number of rotatable bonds is 4. The molecule has 0 aromatic heterocycles. The molecule has 1 saturated carbocycles. The van der Waals surface area contributed by atoms with Crippen LogP contribution in [-0.2, 0) is 4.74 Å². The number of nitrogens with one attached hydrogen (secondary N) is 1. The van der Waals surface area contributed by atoms with Gasteiger partial charge in [0.2, 0.25) is 0 Å². The van der Waals surface area contributed by atoms with Crippen molar-refractivity contribution < 1.29 is 4.74 Å². The molecule has 13 heavy (non-hydrogen) atoms. The lowest BCUT2D eigenvalue weighted by molar-refractivity contribution is 0.190. The fraction of sp³-hybridized carbons (Fsp3) is 0.800. The Morgan fingerprint density at radius 1 is 1.62 bits per heavy atom. The van der Waals surface area contributed by atoms with Crippen LogP contribution in [0.1, 0.15) is 26.2 Å². The van der Waals surface area contributed by atoms with E-state index in [0.717, 1.165) is 24.7 Å². The van der Waals surface area contributed by atoms with Crippen molar-refractivity contribution in [3.8, 4) is 0 Å². The van der Waals surface area contributed by atoms with E-state index in [1.165, 1.54) is 12.8 Å². The Kier molecular flexibility index (Phi) is 2.56. The van der Waals surface area contributed by atoms with E-state index < -0.39 is 0 Å². The van der Waals surface area contributed by atoms with Gasteiger partial charge in [-0.05, 0) is 30.8 Å². The van der Waals surface area contributed by atoms with Crippen LogP contribution in [-0.4, -0.2) is 12.6 Å². The highest BCUT2D eigenvalue weighted by molar-refractivity contribution is 5.09. The van der Waals surface area contributed by atoms with Crippen LogP contribution in [0.15, 0.2) is 11.8 Å². The van der Waals surface area contributed by atoms with Gasteiger partial charge in [-0.15, -0.1) is 0 Å². The molecule has 0 amide bonds. The summed E-state index contributed by atoms with van der Waals surface area (Å²) >= 11 is 0. The number of hydrazine groups is 1. The Bertz CT molecular complexity index is 211. The highest BCUT2D eigenvalue weighted by atomic mass is 16.5. The minimum absolute atomic E-state index is 0.231. The third kappa shape index (κ3) is 1.86. The summed E-state index contributed by atoms with van der Waals surface area (Å²) in [5.74, 6) is 8.06. The van der Waals surface area contributed by atoms with Crippen molar-refractivity contribution in [3.63, 3.8) is 0 Å². The van der Waals surface area contributed by atoms with Gasteiger partial charge in [-0.3, -0.25) is 5.84 Å². The molecule has 0 aromatic rings. The molecule has 0 aromatic carbocycles. The number of hydrogen-bond acceptors (Lipinski definition) is 3. The van der Waals surface area contributed by atoms with Gasteiger partial charge in [0.25, 0.3) is 0 Å². The Hall–Kier alpha value is -0.540. The first-order valence-corrected chi connectivity index (χ1v) is 5.12. The van der Waals surface area contributed by atoms with Crippen molar-refractivity contribution in [2.45, 2.75) is 32.2 Å². The summed E-state index contributed by atoms with van der Waals surface area (Å²) in [7, 11) is 0. The quantitative estimate of drug-likeness (QED) is 0.507. The van der Waals surface area contributed by atoms with E-state index in [1.807, 2.05) is 0 Å². The molecule has 3 heteroatoms. The third-order valence-corrected chi connectivity index (χ3v) is 3.11. The fourth-order valence-electron chi connectivity index (χ4n) is 2.04. The largest absolute Gasteiger partial charge is 0.496 e. The molecule has 3 nitrogen and oxygen atoms in total. The third-order valence-electron chi connectivity index (χ3n) is 3.11. The van der Waals surface area contributed by atoms with E-state index in [2.05, 4.69) is 18.4 Å². The van der Waals surface area contributed by atoms with Crippen molar-refractivity contribution >= 4 is 0 Å². The van der Waals surface area contributed by atoms with E-state index in [1.54, 1.807) is 0 Å². The molecule has 0 saturated heterocycles. The van der Waals surface area contributed by atoms with E-state index in [4.69, 9.17) is 10.6 Å². The van der Waals surface area contributed by atoms with Gasteiger partial charge in [-0.2, -0.15) is 0 Å². The van der Waals surface area contributed by atoms with Crippen LogP contribution >= 0.6 is 0 Å². The average Bonchev–Trinajstić information content (AvgIpc) is 2.86. The molecule has 3 N–H and O–H groups in total. The van der Waals surface area contributed by atoms with Crippen LogP contribution < -0.4 is 11.3 Å². The van der Waals surface area contributed by atoms with Crippen molar-refractivity contribution in [2.24, 2.45) is 17.7 Å². The van der Waals surface area contributed by atoms with Crippen LogP contribution in [0.3, 0.4) is 0 Å². The molecule has 0 bridgehead atoms. The maximum Gasteiger partial charge on any atom is 0.111 e. The molecule has 0 spiro atoms. The highest BCUT2D eigenvalue weighted by Crippen LogP contribution is 2.40. The minimum atomic E-state index is 0.231. The summed E-state index contributed by atoms with van der Waals surface area (Å²) in [6, 6.07) is 0.231. The number of ether oxygens (including phenoxy) is 1. The minimum Gasteiger partial charge on any atom is -0.496 e.